The van der Waals surface area contributed by atoms with Gasteiger partial charge in [0.25, 0.3) is 5.91 Å². The molecule has 1 heterocycles. The normalized spacial score (nSPS) is 11.6. The molecule has 0 aliphatic carbocycles. The van der Waals surface area contributed by atoms with Gasteiger partial charge >= 0.3 is 0 Å². The number of carbonyl (C=O) groups excluding carboxylic acids is 1. The van der Waals surface area contributed by atoms with Crippen LogP contribution in [0, 0.1) is 0 Å². The molecule has 0 aliphatic heterocycles. The molecule has 0 bridgehead atoms. The highest BCUT2D eigenvalue weighted by atomic mass is 32.1. The van der Waals surface area contributed by atoms with Gasteiger partial charge in [-0.1, -0.05) is 37.3 Å². The third kappa shape index (κ3) is 3.56. The smallest absolute Gasteiger partial charge is 0.279 e. The number of methoxy groups -OCH3 is 1. The molecule has 2 aromatic carbocycles. The minimum atomic E-state index is -0.248. The molecule has 0 aliphatic rings. The van der Waals surface area contributed by atoms with E-state index in [0.717, 1.165) is 23.4 Å². The second-order valence-electron chi connectivity index (χ2n) is 5.58. The highest BCUT2D eigenvalue weighted by Crippen LogP contribution is 2.25. The zero-order chi connectivity index (χ0) is 17.8. The van der Waals surface area contributed by atoms with Gasteiger partial charge in [-0.25, -0.2) is 0 Å². The maximum Gasteiger partial charge on any atom is 0.279 e. The topological polar surface area (TPSA) is 43.6 Å². The maximum atomic E-state index is 12.5. The number of aryl methyl sites for hydroxylation is 1. The number of ether oxygens (including phenoxy) is 1. The van der Waals surface area contributed by atoms with Crippen molar-refractivity contribution in [1.29, 1.82) is 0 Å². The van der Waals surface area contributed by atoms with E-state index in [1.54, 1.807) is 42.7 Å². The molecule has 0 N–H and O–H groups in total. The van der Waals surface area contributed by atoms with Crippen molar-refractivity contribution in [2.75, 3.05) is 7.11 Å². The average molecular weight is 352 g/mol. The Morgan fingerprint density at radius 2 is 1.80 bits per heavy atom. The highest BCUT2D eigenvalue weighted by Gasteiger charge is 2.13. The summed E-state index contributed by atoms with van der Waals surface area (Å²) in [7, 11) is 3.56. The summed E-state index contributed by atoms with van der Waals surface area (Å²) in [4.78, 5) is 18.8. The number of aromatic nitrogens is 1. The number of carbonyl (C=O) groups is 1. The van der Waals surface area contributed by atoms with Crippen molar-refractivity contribution in [1.82, 2.24) is 4.57 Å². The van der Waals surface area contributed by atoms with Gasteiger partial charge in [0, 0.05) is 17.5 Å². The minimum absolute atomic E-state index is 0.248. The van der Waals surface area contributed by atoms with Gasteiger partial charge < -0.3 is 9.30 Å². The Bertz CT molecular complexity index is 938. The predicted molar refractivity (Wildman–Crippen MR) is 101 cm³/mol. The summed E-state index contributed by atoms with van der Waals surface area (Å²) in [5.74, 6) is 0.472. The molecule has 128 valence electrons. The van der Waals surface area contributed by atoms with E-state index in [9.17, 15) is 4.79 Å². The molecule has 5 heteroatoms. The molecule has 0 saturated heterocycles. The first-order chi connectivity index (χ1) is 12.1. The van der Waals surface area contributed by atoms with Crippen molar-refractivity contribution in [3.05, 3.63) is 69.8 Å². The summed E-state index contributed by atoms with van der Waals surface area (Å²) in [5.41, 5.74) is 2.80. The van der Waals surface area contributed by atoms with E-state index in [0.29, 0.717) is 10.4 Å². The number of hydrogen-bond donors (Lipinski definition) is 0. The lowest BCUT2D eigenvalue weighted by Gasteiger charge is -2.05. The standard InChI is InChI=1S/C20H20N2O2S/c1-4-17-18(14-8-6-5-7-9-14)22(2)20(25-17)21-19(23)15-10-12-16(24-3)13-11-15/h5-13H,4H2,1-3H3. The molecule has 0 unspecified atom stereocenters. The van der Waals surface area contributed by atoms with Gasteiger partial charge in [-0.05, 0) is 36.2 Å². The van der Waals surface area contributed by atoms with Gasteiger partial charge in [-0.15, -0.1) is 11.3 Å². The Labute approximate surface area is 151 Å². The van der Waals surface area contributed by atoms with Crippen molar-refractivity contribution in [3.8, 4) is 17.0 Å². The van der Waals surface area contributed by atoms with E-state index in [4.69, 9.17) is 4.74 Å². The van der Waals surface area contributed by atoms with E-state index in [-0.39, 0.29) is 5.91 Å². The fraction of sp³-hybridized carbons (Fsp3) is 0.200. The lowest BCUT2D eigenvalue weighted by molar-refractivity contribution is 0.0998. The Kier molecular flexibility index (Phi) is 5.14. The van der Waals surface area contributed by atoms with Crippen LogP contribution in [0.15, 0.2) is 59.6 Å². The lowest BCUT2D eigenvalue weighted by Crippen LogP contribution is -2.14. The fourth-order valence-corrected chi connectivity index (χ4v) is 3.76. The van der Waals surface area contributed by atoms with Gasteiger partial charge in [0.2, 0.25) is 0 Å². The number of amides is 1. The highest BCUT2D eigenvalue weighted by molar-refractivity contribution is 7.09. The SMILES string of the molecule is CCc1sc(=NC(=O)c2ccc(OC)cc2)n(C)c1-c1ccccc1. The molecule has 4 nitrogen and oxygen atoms in total. The monoisotopic (exact) mass is 352 g/mol. The molecule has 1 aromatic heterocycles. The molecule has 1 amide bonds. The maximum absolute atomic E-state index is 12.5. The molecule has 0 spiro atoms. The lowest BCUT2D eigenvalue weighted by atomic mass is 10.1. The van der Waals surface area contributed by atoms with Crippen LogP contribution in [0.2, 0.25) is 0 Å². The Morgan fingerprint density at radius 1 is 1.12 bits per heavy atom. The van der Waals surface area contributed by atoms with Crippen LogP contribution in [0.5, 0.6) is 5.75 Å². The summed E-state index contributed by atoms with van der Waals surface area (Å²) >= 11 is 1.56. The first-order valence-corrected chi connectivity index (χ1v) is 8.93. The fourth-order valence-electron chi connectivity index (χ4n) is 2.68. The molecule has 3 rings (SSSR count). The second kappa shape index (κ2) is 7.49. The van der Waals surface area contributed by atoms with Crippen molar-refractivity contribution >= 4 is 17.2 Å². The third-order valence-corrected chi connectivity index (χ3v) is 5.28. The van der Waals surface area contributed by atoms with E-state index in [2.05, 4.69) is 24.0 Å². The van der Waals surface area contributed by atoms with Crippen LogP contribution >= 0.6 is 11.3 Å². The van der Waals surface area contributed by atoms with Crippen molar-refractivity contribution < 1.29 is 9.53 Å². The summed E-state index contributed by atoms with van der Waals surface area (Å²) in [6.45, 7) is 2.12. The molecule has 0 atom stereocenters. The summed E-state index contributed by atoms with van der Waals surface area (Å²) < 4.78 is 7.13. The molecular weight excluding hydrogens is 332 g/mol. The predicted octanol–water partition coefficient (Wildman–Crippen LogP) is 4.07. The van der Waals surface area contributed by atoms with E-state index in [1.807, 2.05) is 29.8 Å². The van der Waals surface area contributed by atoms with Crippen LogP contribution in [0.25, 0.3) is 11.3 Å². The number of rotatable bonds is 4. The molecule has 0 radical (unpaired) electrons. The number of hydrogen-bond acceptors (Lipinski definition) is 3. The van der Waals surface area contributed by atoms with Gasteiger partial charge in [-0.3, -0.25) is 4.79 Å². The second-order valence-corrected chi connectivity index (χ2v) is 6.64. The van der Waals surface area contributed by atoms with Gasteiger partial charge in [-0.2, -0.15) is 4.99 Å². The van der Waals surface area contributed by atoms with Crippen LogP contribution in [-0.2, 0) is 13.5 Å². The zero-order valence-corrected chi connectivity index (χ0v) is 15.3. The molecular formula is C20H20N2O2S. The van der Waals surface area contributed by atoms with Crippen molar-refractivity contribution in [2.45, 2.75) is 13.3 Å². The van der Waals surface area contributed by atoms with Crippen molar-refractivity contribution in [2.24, 2.45) is 12.0 Å². The van der Waals surface area contributed by atoms with Gasteiger partial charge in [0.05, 0.1) is 12.8 Å². The molecule has 0 fully saturated rings. The third-order valence-electron chi connectivity index (χ3n) is 4.00. The van der Waals surface area contributed by atoms with Crippen LogP contribution in [0.4, 0.5) is 0 Å². The molecule has 25 heavy (non-hydrogen) atoms. The van der Waals surface area contributed by atoms with Crippen LogP contribution in [-0.4, -0.2) is 17.6 Å². The van der Waals surface area contributed by atoms with E-state index >= 15 is 0 Å². The van der Waals surface area contributed by atoms with E-state index < -0.39 is 0 Å². The quantitative estimate of drug-likeness (QED) is 0.710. The molecule has 3 aromatic rings. The van der Waals surface area contributed by atoms with Gasteiger partial charge in [0.15, 0.2) is 4.80 Å². The molecule has 0 saturated carbocycles. The minimum Gasteiger partial charge on any atom is -0.497 e. The summed E-state index contributed by atoms with van der Waals surface area (Å²) in [6.07, 6.45) is 0.898. The van der Waals surface area contributed by atoms with Crippen LogP contribution < -0.4 is 9.54 Å². The van der Waals surface area contributed by atoms with Crippen molar-refractivity contribution in [3.63, 3.8) is 0 Å². The van der Waals surface area contributed by atoms with Gasteiger partial charge in [0.1, 0.15) is 5.75 Å². The van der Waals surface area contributed by atoms with E-state index in [1.165, 1.54) is 4.88 Å². The Hall–Kier alpha value is -2.66. The number of thiazole rings is 1. The summed E-state index contributed by atoms with van der Waals surface area (Å²) in [5, 5.41) is 0. The first-order valence-electron chi connectivity index (χ1n) is 8.11. The van der Waals surface area contributed by atoms with Crippen LogP contribution in [0.1, 0.15) is 22.2 Å². The first kappa shape index (κ1) is 17.2. The Balaban J connectivity index is 2.03. The number of benzene rings is 2. The Morgan fingerprint density at radius 3 is 2.40 bits per heavy atom. The number of nitrogens with zero attached hydrogens (tertiary/aromatic N) is 2. The summed E-state index contributed by atoms with van der Waals surface area (Å²) in [6, 6.07) is 17.2. The zero-order valence-electron chi connectivity index (χ0n) is 14.5. The van der Waals surface area contributed by atoms with Crippen LogP contribution in [0.3, 0.4) is 0 Å². The average Bonchev–Trinajstić information content (AvgIpc) is 2.98. The largest absolute Gasteiger partial charge is 0.497 e.